The van der Waals surface area contributed by atoms with Gasteiger partial charge in [0.15, 0.2) is 0 Å². The first kappa shape index (κ1) is 19.3. The molecule has 2 aromatic carbocycles. The van der Waals surface area contributed by atoms with Crippen LogP contribution in [0.2, 0.25) is 0 Å². The zero-order chi connectivity index (χ0) is 18.9. The molecule has 0 aliphatic heterocycles. The molecule has 0 aliphatic carbocycles. The number of rotatable bonds is 8. The molecule has 0 saturated heterocycles. The third-order valence-electron chi connectivity index (χ3n) is 3.60. The maximum absolute atomic E-state index is 12.5. The van der Waals surface area contributed by atoms with Crippen LogP contribution < -0.4 is 19.7 Å². The smallest absolute Gasteiger partial charge is 0.244 e. The molecule has 0 heterocycles. The van der Waals surface area contributed by atoms with Crippen LogP contribution in [0.1, 0.15) is 20.8 Å². The molecule has 6 nitrogen and oxygen atoms in total. The average molecular weight is 356 g/mol. The van der Waals surface area contributed by atoms with E-state index in [0.29, 0.717) is 36.1 Å². The molecule has 0 fully saturated rings. The van der Waals surface area contributed by atoms with E-state index in [0.717, 1.165) is 0 Å². The highest BCUT2D eigenvalue weighted by molar-refractivity contribution is 6.03. The molecule has 0 bridgehead atoms. The van der Waals surface area contributed by atoms with Gasteiger partial charge in [0.2, 0.25) is 11.8 Å². The minimum absolute atomic E-state index is 0.125. The van der Waals surface area contributed by atoms with E-state index in [1.165, 1.54) is 11.8 Å². The van der Waals surface area contributed by atoms with E-state index in [9.17, 15) is 9.59 Å². The summed E-state index contributed by atoms with van der Waals surface area (Å²) in [6.45, 7) is 6.00. The molecule has 1 N–H and O–H groups in total. The quantitative estimate of drug-likeness (QED) is 0.786. The number of ether oxygens (including phenoxy) is 2. The third kappa shape index (κ3) is 4.99. The fraction of sp³-hybridized carbons (Fsp3) is 0.300. The summed E-state index contributed by atoms with van der Waals surface area (Å²) < 4.78 is 11.1. The minimum Gasteiger partial charge on any atom is -0.492 e. The molecular weight excluding hydrogens is 332 g/mol. The van der Waals surface area contributed by atoms with Gasteiger partial charge < -0.3 is 14.8 Å². The van der Waals surface area contributed by atoms with Crippen LogP contribution in [0.15, 0.2) is 48.5 Å². The molecule has 6 heteroatoms. The van der Waals surface area contributed by atoms with E-state index in [1.807, 2.05) is 32.0 Å². The molecule has 2 rings (SSSR count). The molecule has 26 heavy (non-hydrogen) atoms. The number of hydrogen-bond donors (Lipinski definition) is 1. The van der Waals surface area contributed by atoms with Gasteiger partial charge in [-0.25, -0.2) is 0 Å². The Labute approximate surface area is 153 Å². The van der Waals surface area contributed by atoms with Gasteiger partial charge in [-0.2, -0.15) is 0 Å². The zero-order valence-electron chi connectivity index (χ0n) is 15.3. The van der Waals surface area contributed by atoms with E-state index in [4.69, 9.17) is 9.47 Å². The van der Waals surface area contributed by atoms with Crippen LogP contribution in [0.5, 0.6) is 11.5 Å². The van der Waals surface area contributed by atoms with Crippen LogP contribution in [-0.2, 0) is 9.59 Å². The fourth-order valence-corrected chi connectivity index (χ4v) is 2.51. The average Bonchev–Trinajstić information content (AvgIpc) is 2.62. The lowest BCUT2D eigenvalue weighted by Crippen LogP contribution is -2.37. The lowest BCUT2D eigenvalue weighted by molar-refractivity contribution is -0.120. The van der Waals surface area contributed by atoms with E-state index < -0.39 is 0 Å². The Morgan fingerprint density at radius 2 is 1.50 bits per heavy atom. The molecule has 0 aromatic heterocycles. The molecule has 0 radical (unpaired) electrons. The summed E-state index contributed by atoms with van der Waals surface area (Å²) >= 11 is 0. The largest absolute Gasteiger partial charge is 0.492 e. The van der Waals surface area contributed by atoms with E-state index in [-0.39, 0.29) is 18.4 Å². The van der Waals surface area contributed by atoms with E-state index >= 15 is 0 Å². The van der Waals surface area contributed by atoms with Gasteiger partial charge in [0, 0.05) is 6.92 Å². The second-order valence-electron chi connectivity index (χ2n) is 5.48. The fourth-order valence-electron chi connectivity index (χ4n) is 2.51. The van der Waals surface area contributed by atoms with Crippen LogP contribution >= 0.6 is 0 Å². The summed E-state index contributed by atoms with van der Waals surface area (Å²) in [5, 5.41) is 2.80. The van der Waals surface area contributed by atoms with Crippen molar-refractivity contribution in [2.45, 2.75) is 20.8 Å². The number of nitrogens with zero attached hydrogens (tertiary/aromatic N) is 1. The van der Waals surface area contributed by atoms with Crippen molar-refractivity contribution in [3.8, 4) is 11.5 Å². The number of hydrogen-bond acceptors (Lipinski definition) is 4. The van der Waals surface area contributed by atoms with Crippen LogP contribution in [0, 0.1) is 0 Å². The van der Waals surface area contributed by atoms with Crippen molar-refractivity contribution in [1.29, 1.82) is 0 Å². The van der Waals surface area contributed by atoms with E-state index in [1.54, 1.807) is 30.3 Å². The lowest BCUT2D eigenvalue weighted by Gasteiger charge is -2.23. The van der Waals surface area contributed by atoms with Gasteiger partial charge in [-0.15, -0.1) is 0 Å². The monoisotopic (exact) mass is 356 g/mol. The van der Waals surface area contributed by atoms with Crippen molar-refractivity contribution in [3.05, 3.63) is 48.5 Å². The lowest BCUT2D eigenvalue weighted by atomic mass is 10.2. The predicted molar refractivity (Wildman–Crippen MR) is 102 cm³/mol. The molecule has 0 unspecified atom stereocenters. The number of para-hydroxylation sites is 4. The highest BCUT2D eigenvalue weighted by atomic mass is 16.5. The molecule has 0 aliphatic rings. The number of anilines is 2. The van der Waals surface area contributed by atoms with Gasteiger partial charge in [-0.05, 0) is 38.1 Å². The maximum Gasteiger partial charge on any atom is 0.244 e. The number of amides is 2. The molecule has 0 spiro atoms. The standard InChI is InChI=1S/C20H24N2O4/c1-4-25-18-12-8-6-10-16(18)21-20(24)14-22(15(3)23)17-11-7-9-13-19(17)26-5-2/h6-13H,4-5,14H2,1-3H3,(H,21,24). The zero-order valence-corrected chi connectivity index (χ0v) is 15.3. The maximum atomic E-state index is 12.5. The van der Waals surface area contributed by atoms with Gasteiger partial charge in [-0.1, -0.05) is 24.3 Å². The highest BCUT2D eigenvalue weighted by Crippen LogP contribution is 2.28. The van der Waals surface area contributed by atoms with Crippen molar-refractivity contribution >= 4 is 23.2 Å². The first-order valence-corrected chi connectivity index (χ1v) is 8.58. The van der Waals surface area contributed by atoms with Crippen molar-refractivity contribution in [2.75, 3.05) is 30.0 Å². The van der Waals surface area contributed by atoms with Crippen molar-refractivity contribution in [2.24, 2.45) is 0 Å². The minimum atomic E-state index is -0.321. The normalized spacial score (nSPS) is 10.1. The Hall–Kier alpha value is -3.02. The van der Waals surface area contributed by atoms with Gasteiger partial charge in [0.1, 0.15) is 18.0 Å². The number of nitrogens with one attached hydrogen (secondary N) is 1. The predicted octanol–water partition coefficient (Wildman–Crippen LogP) is 3.48. The summed E-state index contributed by atoms with van der Waals surface area (Å²) in [5.74, 6) is 0.587. The second kappa shape index (κ2) is 9.46. The van der Waals surface area contributed by atoms with E-state index in [2.05, 4.69) is 5.32 Å². The molecule has 2 aromatic rings. The van der Waals surface area contributed by atoms with Crippen LogP contribution in [-0.4, -0.2) is 31.6 Å². The Morgan fingerprint density at radius 3 is 2.15 bits per heavy atom. The summed E-state index contributed by atoms with van der Waals surface area (Å²) in [6.07, 6.45) is 0. The summed E-state index contributed by atoms with van der Waals surface area (Å²) in [4.78, 5) is 26.0. The first-order valence-electron chi connectivity index (χ1n) is 8.58. The Bertz CT molecular complexity index is 761. The van der Waals surface area contributed by atoms with Gasteiger partial charge in [-0.3, -0.25) is 14.5 Å². The number of benzene rings is 2. The van der Waals surface area contributed by atoms with Crippen molar-refractivity contribution < 1.29 is 19.1 Å². The molecule has 0 atom stereocenters. The number of carbonyl (C=O) groups excluding carboxylic acids is 2. The van der Waals surface area contributed by atoms with Crippen molar-refractivity contribution in [3.63, 3.8) is 0 Å². The summed E-state index contributed by atoms with van der Waals surface area (Å²) in [5.41, 5.74) is 1.14. The Kier molecular flexibility index (Phi) is 7.02. The van der Waals surface area contributed by atoms with Gasteiger partial charge >= 0.3 is 0 Å². The van der Waals surface area contributed by atoms with Crippen molar-refractivity contribution in [1.82, 2.24) is 0 Å². The van der Waals surface area contributed by atoms with Gasteiger partial charge in [0.25, 0.3) is 0 Å². The molecular formula is C20H24N2O4. The van der Waals surface area contributed by atoms with Crippen LogP contribution in [0.25, 0.3) is 0 Å². The number of carbonyl (C=O) groups is 2. The third-order valence-corrected chi connectivity index (χ3v) is 3.60. The SMILES string of the molecule is CCOc1ccccc1NC(=O)CN(C(C)=O)c1ccccc1OCC. The van der Waals surface area contributed by atoms with Crippen LogP contribution in [0.4, 0.5) is 11.4 Å². The second-order valence-corrected chi connectivity index (χ2v) is 5.48. The topological polar surface area (TPSA) is 67.9 Å². The molecule has 138 valence electrons. The molecule has 2 amide bonds. The summed E-state index contributed by atoms with van der Waals surface area (Å²) in [6, 6.07) is 14.3. The van der Waals surface area contributed by atoms with Crippen LogP contribution in [0.3, 0.4) is 0 Å². The highest BCUT2D eigenvalue weighted by Gasteiger charge is 2.20. The first-order chi connectivity index (χ1) is 12.6. The van der Waals surface area contributed by atoms with Gasteiger partial charge in [0.05, 0.1) is 24.6 Å². The Morgan fingerprint density at radius 1 is 0.923 bits per heavy atom. The molecule has 0 saturated carbocycles. The summed E-state index contributed by atoms with van der Waals surface area (Å²) in [7, 11) is 0. The Balaban J connectivity index is 2.18.